The van der Waals surface area contributed by atoms with E-state index in [1.165, 1.54) is 31.2 Å². The zero-order chi connectivity index (χ0) is 25.1. The van der Waals surface area contributed by atoms with E-state index in [0.29, 0.717) is 17.9 Å². The first-order chi connectivity index (χ1) is 15.5. The number of aliphatic carboxylic acids is 1. The fraction of sp³-hybridized carbons (Fsp3) is 0.650. The topological polar surface area (TPSA) is 200 Å². The van der Waals surface area contributed by atoms with E-state index in [9.17, 15) is 29.4 Å². The number of carbonyl (C=O) groups is 4. The summed E-state index contributed by atoms with van der Waals surface area (Å²) in [5.41, 5.74) is 6.35. The van der Waals surface area contributed by atoms with Crippen LogP contribution in [0, 0.1) is 5.92 Å². The molecule has 0 radical (unpaired) electrons. The molecule has 1 aromatic heterocycles. The molecule has 3 amide bonds. The molecule has 12 nitrogen and oxygen atoms in total. The molecule has 0 spiro atoms. The number of aromatic amines is 1. The van der Waals surface area contributed by atoms with E-state index < -0.39 is 59.9 Å². The molecule has 0 aliphatic heterocycles. The minimum absolute atomic E-state index is 0.0181. The second kappa shape index (κ2) is 13.8. The lowest BCUT2D eigenvalue weighted by Gasteiger charge is -2.27. The van der Waals surface area contributed by atoms with Crippen LogP contribution in [0.25, 0.3) is 0 Å². The number of hydrogen-bond acceptors (Lipinski definition) is 8. The van der Waals surface area contributed by atoms with E-state index in [-0.39, 0.29) is 6.42 Å². The highest BCUT2D eigenvalue weighted by molar-refractivity contribution is 7.98. The summed E-state index contributed by atoms with van der Waals surface area (Å²) in [4.78, 5) is 56.3. The molecule has 1 heterocycles. The van der Waals surface area contributed by atoms with E-state index in [1.807, 2.05) is 6.26 Å². The summed E-state index contributed by atoms with van der Waals surface area (Å²) >= 11 is 1.52. The van der Waals surface area contributed by atoms with E-state index in [0.717, 1.165) is 0 Å². The van der Waals surface area contributed by atoms with E-state index >= 15 is 0 Å². The fourth-order valence-corrected chi connectivity index (χ4v) is 3.39. The third-order valence-corrected chi connectivity index (χ3v) is 5.52. The average Bonchev–Trinajstić information content (AvgIpc) is 3.25. The van der Waals surface area contributed by atoms with Crippen molar-refractivity contribution in [2.45, 2.75) is 63.9 Å². The molecule has 0 aromatic carbocycles. The highest BCUT2D eigenvalue weighted by Crippen LogP contribution is 2.06. The molecule has 33 heavy (non-hydrogen) atoms. The largest absolute Gasteiger partial charge is 0.480 e. The van der Waals surface area contributed by atoms with Gasteiger partial charge >= 0.3 is 5.97 Å². The lowest BCUT2D eigenvalue weighted by atomic mass is 10.0. The SMILES string of the molecule is CSCCC(N)C(=O)NC(C(=O)NC(Cc1cnc[nH]1)C(=O)NC(C(=O)O)C(C)C)C(C)O. The summed E-state index contributed by atoms with van der Waals surface area (Å²) < 4.78 is 0. The number of carboxylic acid groups (broad SMARTS) is 1. The maximum absolute atomic E-state index is 12.9. The second-order valence-corrected chi connectivity index (χ2v) is 9.01. The van der Waals surface area contributed by atoms with Gasteiger partial charge in [0.1, 0.15) is 18.1 Å². The van der Waals surface area contributed by atoms with Gasteiger partial charge in [-0.3, -0.25) is 14.4 Å². The van der Waals surface area contributed by atoms with Crippen LogP contribution in [-0.2, 0) is 25.6 Å². The van der Waals surface area contributed by atoms with E-state index in [1.54, 1.807) is 13.8 Å². The Bertz CT molecular complexity index is 788. The van der Waals surface area contributed by atoms with Gasteiger partial charge in [-0.25, -0.2) is 9.78 Å². The normalized spacial score (nSPS) is 15.7. The summed E-state index contributed by atoms with van der Waals surface area (Å²) in [6, 6.07) is -4.59. The Morgan fingerprint density at radius 2 is 1.73 bits per heavy atom. The first-order valence-corrected chi connectivity index (χ1v) is 11.9. The molecule has 0 aliphatic carbocycles. The van der Waals surface area contributed by atoms with Crippen LogP contribution < -0.4 is 21.7 Å². The van der Waals surface area contributed by atoms with Crippen LogP contribution in [0.15, 0.2) is 12.5 Å². The van der Waals surface area contributed by atoms with Gasteiger partial charge in [-0.05, 0) is 31.3 Å². The van der Waals surface area contributed by atoms with Gasteiger partial charge in [-0.2, -0.15) is 11.8 Å². The summed E-state index contributed by atoms with van der Waals surface area (Å²) in [5.74, 6) is -3.11. The van der Waals surface area contributed by atoms with Crippen molar-refractivity contribution in [3.05, 3.63) is 18.2 Å². The number of thioether (sulfide) groups is 1. The smallest absolute Gasteiger partial charge is 0.326 e. The number of hydrogen-bond donors (Lipinski definition) is 7. The van der Waals surface area contributed by atoms with Gasteiger partial charge in [0.25, 0.3) is 0 Å². The Morgan fingerprint density at radius 1 is 1.09 bits per heavy atom. The summed E-state index contributed by atoms with van der Waals surface area (Å²) in [6.45, 7) is 4.60. The van der Waals surface area contributed by atoms with Gasteiger partial charge in [0.2, 0.25) is 17.7 Å². The van der Waals surface area contributed by atoms with Crippen LogP contribution >= 0.6 is 11.8 Å². The summed E-state index contributed by atoms with van der Waals surface area (Å²) in [6.07, 6.45) is 3.82. The van der Waals surface area contributed by atoms with Crippen molar-refractivity contribution in [1.29, 1.82) is 0 Å². The first-order valence-electron chi connectivity index (χ1n) is 10.5. The number of H-pyrrole nitrogens is 1. The molecule has 0 bridgehead atoms. The lowest BCUT2D eigenvalue weighted by Crippen LogP contribution is -2.60. The fourth-order valence-electron chi connectivity index (χ4n) is 2.90. The van der Waals surface area contributed by atoms with Gasteiger partial charge in [-0.15, -0.1) is 0 Å². The van der Waals surface area contributed by atoms with Crippen molar-refractivity contribution < 1.29 is 29.4 Å². The minimum atomic E-state index is -1.37. The van der Waals surface area contributed by atoms with Crippen molar-refractivity contribution in [2.75, 3.05) is 12.0 Å². The van der Waals surface area contributed by atoms with Crippen LogP contribution in [0.5, 0.6) is 0 Å². The molecular formula is C20H34N6O6S. The van der Waals surface area contributed by atoms with Gasteiger partial charge in [0.05, 0.1) is 18.5 Å². The standard InChI is InChI=1S/C20H34N6O6S/c1-10(2)15(20(31)32)25-18(29)14(7-12-8-22-9-23-12)24-19(30)16(11(3)27)26-17(28)13(21)5-6-33-4/h8-11,13-16,27H,5-7,21H2,1-4H3,(H,22,23)(H,24,30)(H,25,29)(H,26,28)(H,31,32). The molecule has 5 unspecified atom stereocenters. The molecular weight excluding hydrogens is 452 g/mol. The highest BCUT2D eigenvalue weighted by atomic mass is 32.2. The van der Waals surface area contributed by atoms with E-state index in [4.69, 9.17) is 5.73 Å². The maximum atomic E-state index is 12.9. The monoisotopic (exact) mass is 486 g/mol. The highest BCUT2D eigenvalue weighted by Gasteiger charge is 2.33. The average molecular weight is 487 g/mol. The van der Waals surface area contributed by atoms with Crippen LogP contribution in [0.2, 0.25) is 0 Å². The number of nitrogens with one attached hydrogen (secondary N) is 4. The van der Waals surface area contributed by atoms with Crippen molar-refractivity contribution in [1.82, 2.24) is 25.9 Å². The zero-order valence-corrected chi connectivity index (χ0v) is 20.0. The first kappa shape index (κ1) is 28.4. The predicted octanol–water partition coefficient (Wildman–Crippen LogP) is -1.39. The molecule has 0 fully saturated rings. The Labute approximate surface area is 196 Å². The lowest BCUT2D eigenvalue weighted by molar-refractivity contribution is -0.143. The van der Waals surface area contributed by atoms with Crippen LogP contribution in [-0.4, -0.2) is 86.2 Å². The number of aliphatic hydroxyl groups excluding tert-OH is 1. The quantitative estimate of drug-likeness (QED) is 0.165. The number of aliphatic hydroxyl groups is 1. The Balaban J connectivity index is 3.00. The maximum Gasteiger partial charge on any atom is 0.326 e. The molecule has 1 rings (SSSR count). The number of imidazole rings is 1. The number of carboxylic acids is 1. The van der Waals surface area contributed by atoms with Crippen molar-refractivity contribution in [3.8, 4) is 0 Å². The molecule has 5 atom stereocenters. The van der Waals surface area contributed by atoms with Crippen LogP contribution in [0.3, 0.4) is 0 Å². The van der Waals surface area contributed by atoms with E-state index in [2.05, 4.69) is 25.9 Å². The second-order valence-electron chi connectivity index (χ2n) is 8.03. The minimum Gasteiger partial charge on any atom is -0.480 e. The van der Waals surface area contributed by atoms with Crippen molar-refractivity contribution in [2.24, 2.45) is 11.7 Å². The molecule has 0 saturated carbocycles. The number of rotatable bonds is 14. The number of nitrogens with two attached hydrogens (primary N) is 1. The van der Waals surface area contributed by atoms with Crippen LogP contribution in [0.4, 0.5) is 0 Å². The third kappa shape index (κ3) is 9.40. The van der Waals surface area contributed by atoms with Crippen LogP contribution in [0.1, 0.15) is 32.9 Å². The molecule has 13 heteroatoms. The Hall–Kier alpha value is -2.64. The van der Waals surface area contributed by atoms with Crippen molar-refractivity contribution >= 4 is 35.5 Å². The zero-order valence-electron chi connectivity index (χ0n) is 19.2. The number of nitrogens with zero attached hydrogens (tertiary/aromatic N) is 1. The van der Waals surface area contributed by atoms with Gasteiger partial charge in [0, 0.05) is 18.3 Å². The number of aromatic nitrogens is 2. The van der Waals surface area contributed by atoms with Crippen molar-refractivity contribution in [3.63, 3.8) is 0 Å². The van der Waals surface area contributed by atoms with Gasteiger partial charge < -0.3 is 36.9 Å². The Morgan fingerprint density at radius 3 is 2.21 bits per heavy atom. The summed E-state index contributed by atoms with van der Waals surface area (Å²) in [7, 11) is 0. The molecule has 1 aromatic rings. The molecule has 8 N–H and O–H groups in total. The van der Waals surface area contributed by atoms with Gasteiger partial charge in [0.15, 0.2) is 0 Å². The van der Waals surface area contributed by atoms with Gasteiger partial charge in [-0.1, -0.05) is 13.8 Å². The Kier molecular flexibility index (Phi) is 11.9. The predicted molar refractivity (Wildman–Crippen MR) is 123 cm³/mol. The molecule has 0 saturated heterocycles. The molecule has 0 aliphatic rings. The third-order valence-electron chi connectivity index (χ3n) is 4.87. The number of amides is 3. The number of carbonyl (C=O) groups excluding carboxylic acids is 3. The molecule has 186 valence electrons. The summed E-state index contributed by atoms with van der Waals surface area (Å²) in [5, 5.41) is 26.8.